The van der Waals surface area contributed by atoms with Crippen LogP contribution in [-0.2, 0) is 9.36 Å². The maximum atomic E-state index is 11.2. The Morgan fingerprint density at radius 1 is 1.39 bits per heavy atom. The van der Waals surface area contributed by atoms with Gasteiger partial charge in [0.1, 0.15) is 5.75 Å². The summed E-state index contributed by atoms with van der Waals surface area (Å²) in [6.07, 6.45) is 0.359. The Morgan fingerprint density at radius 3 is 2.44 bits per heavy atom. The van der Waals surface area contributed by atoms with Gasteiger partial charge in [0, 0.05) is 0 Å². The molecule has 1 rings (SSSR count). The first kappa shape index (κ1) is 14.6. The van der Waals surface area contributed by atoms with Gasteiger partial charge >= 0.3 is 5.97 Å². The highest BCUT2D eigenvalue weighted by molar-refractivity contribution is 7.20. The number of nitrogens with zero attached hydrogens (tertiary/aromatic N) is 1. The molecule has 5 nitrogen and oxygen atoms in total. The highest BCUT2D eigenvalue weighted by Gasteiger charge is 2.29. The van der Waals surface area contributed by atoms with Crippen LogP contribution in [0.3, 0.4) is 0 Å². The molecule has 0 fully saturated rings. The van der Waals surface area contributed by atoms with Gasteiger partial charge in [-0.05, 0) is 29.3 Å². The maximum Gasteiger partial charge on any atom is 0.325 e. The number of hydrogen-bond donors (Lipinski definition) is 1. The summed E-state index contributed by atoms with van der Waals surface area (Å²) in [4.78, 5) is 17.4. The number of carbonyl (C=O) groups is 1. The zero-order valence-corrected chi connectivity index (χ0v) is 11.2. The van der Waals surface area contributed by atoms with Crippen LogP contribution in [0.1, 0.15) is 20.3 Å². The summed E-state index contributed by atoms with van der Waals surface area (Å²) in [5, 5.41) is 9.14. The van der Waals surface area contributed by atoms with Crippen molar-refractivity contribution in [2.45, 2.75) is 26.3 Å². The number of para-hydroxylation sites is 1. The third-order valence-corrected chi connectivity index (χ3v) is 2.79. The molecule has 0 amide bonds. The minimum Gasteiger partial charge on any atom is -0.480 e. The van der Waals surface area contributed by atoms with E-state index in [0.717, 1.165) is 4.83 Å². The minimum atomic E-state index is -1.05. The molecule has 0 aliphatic carbocycles. The molecule has 1 N–H and O–H groups in total. The van der Waals surface area contributed by atoms with E-state index < -0.39 is 20.6 Å². The monoisotopic (exact) mass is 269 g/mol. The van der Waals surface area contributed by atoms with Crippen LogP contribution in [0.15, 0.2) is 30.3 Å². The van der Waals surface area contributed by atoms with Crippen molar-refractivity contribution in [3.63, 3.8) is 0 Å². The molecule has 0 aliphatic rings. The number of aliphatic carboxylic acids is 1. The van der Waals surface area contributed by atoms with Crippen molar-refractivity contribution in [3.05, 3.63) is 30.3 Å². The fourth-order valence-electron chi connectivity index (χ4n) is 1.46. The van der Waals surface area contributed by atoms with Crippen LogP contribution in [-0.4, -0.2) is 22.0 Å². The van der Waals surface area contributed by atoms with Gasteiger partial charge in [-0.25, -0.2) is 0 Å². The molecule has 0 aromatic heterocycles. The van der Waals surface area contributed by atoms with Gasteiger partial charge in [-0.3, -0.25) is 9.36 Å². The van der Waals surface area contributed by atoms with Gasteiger partial charge in [0.05, 0.1) is 0 Å². The summed E-state index contributed by atoms with van der Waals surface area (Å²) in [5.74, 6) is -0.437. The lowest BCUT2D eigenvalue weighted by Gasteiger charge is -2.22. The fourth-order valence-corrected chi connectivity index (χ4v) is 1.89. The lowest BCUT2D eigenvalue weighted by molar-refractivity contribution is -0.149. The summed E-state index contributed by atoms with van der Waals surface area (Å²) < 4.78 is 11.1. The second kappa shape index (κ2) is 7.09. The molecule has 0 aliphatic heterocycles. The molecule has 0 saturated heterocycles. The largest absolute Gasteiger partial charge is 0.480 e. The van der Waals surface area contributed by atoms with E-state index in [1.807, 2.05) is 19.9 Å². The maximum absolute atomic E-state index is 11.2. The molecule has 0 unspecified atom stereocenters. The summed E-state index contributed by atoms with van der Waals surface area (Å²) in [6.45, 7) is 3.80. The number of hydrogen-bond acceptors (Lipinski definition) is 3. The third-order valence-electron chi connectivity index (χ3n) is 2.27. The highest BCUT2D eigenvalue weighted by Crippen LogP contribution is 2.22. The van der Waals surface area contributed by atoms with Crippen LogP contribution in [0, 0.1) is 5.92 Å². The van der Waals surface area contributed by atoms with Crippen molar-refractivity contribution in [2.24, 2.45) is 5.92 Å². The minimum absolute atomic E-state index is 0.162. The van der Waals surface area contributed by atoms with Gasteiger partial charge in [-0.15, -0.1) is 0 Å². The van der Waals surface area contributed by atoms with E-state index >= 15 is 0 Å². The number of hydroxylamine groups is 1. The Hall–Kier alpha value is -1.45. The summed E-state index contributed by atoms with van der Waals surface area (Å²) in [7, 11) is -0.475. The summed E-state index contributed by atoms with van der Waals surface area (Å²) >= 11 is 0. The second-order valence-electron chi connectivity index (χ2n) is 4.27. The van der Waals surface area contributed by atoms with Crippen molar-refractivity contribution in [2.75, 3.05) is 0 Å². The van der Waals surface area contributed by atoms with E-state index in [1.165, 1.54) is 0 Å². The zero-order chi connectivity index (χ0) is 13.5. The van der Waals surface area contributed by atoms with E-state index in [0.29, 0.717) is 12.2 Å². The number of carboxylic acids is 1. The van der Waals surface area contributed by atoms with E-state index in [1.54, 1.807) is 24.3 Å². The molecule has 98 valence electrons. The molecule has 0 bridgehead atoms. The number of carboxylic acid groups (broad SMARTS) is 1. The SMILES string of the molecule is CC(C)C[C@@H](C(=O)O)N(Oc1ccccc1)P=O. The van der Waals surface area contributed by atoms with Crippen molar-refractivity contribution in [1.29, 1.82) is 0 Å². The summed E-state index contributed by atoms with van der Waals surface area (Å²) in [6, 6.07) is 7.73. The average molecular weight is 269 g/mol. The lowest BCUT2D eigenvalue weighted by atomic mass is 10.0. The van der Waals surface area contributed by atoms with E-state index in [2.05, 4.69) is 0 Å². The molecule has 0 radical (unpaired) electrons. The van der Waals surface area contributed by atoms with Gasteiger partial charge in [0.2, 0.25) is 0 Å². The van der Waals surface area contributed by atoms with Gasteiger partial charge < -0.3 is 9.94 Å². The molecule has 0 heterocycles. The first-order chi connectivity index (χ1) is 8.54. The lowest BCUT2D eigenvalue weighted by Crippen LogP contribution is -2.38. The van der Waals surface area contributed by atoms with Crippen LogP contribution >= 0.6 is 8.61 Å². The van der Waals surface area contributed by atoms with Crippen LogP contribution < -0.4 is 4.84 Å². The van der Waals surface area contributed by atoms with Crippen molar-refractivity contribution in [3.8, 4) is 5.75 Å². The Labute approximate surface area is 108 Å². The molecule has 1 aromatic rings. The normalized spacial score (nSPS) is 12.9. The van der Waals surface area contributed by atoms with Crippen LogP contribution in [0.25, 0.3) is 0 Å². The third kappa shape index (κ3) is 4.43. The number of benzene rings is 1. The summed E-state index contributed by atoms with van der Waals surface area (Å²) in [5.41, 5.74) is 0. The molecule has 6 heteroatoms. The average Bonchev–Trinajstić information content (AvgIpc) is 2.34. The molecular weight excluding hydrogens is 253 g/mol. The second-order valence-corrected chi connectivity index (χ2v) is 4.83. The molecule has 0 spiro atoms. The number of rotatable bonds is 7. The van der Waals surface area contributed by atoms with Gasteiger partial charge in [0.15, 0.2) is 6.04 Å². The van der Waals surface area contributed by atoms with Gasteiger partial charge in [-0.2, -0.15) is 0 Å². The molecule has 1 atom stereocenters. The van der Waals surface area contributed by atoms with E-state index in [-0.39, 0.29) is 5.92 Å². The standard InChI is InChI=1S/C12H16NO4P/c1-9(2)8-11(12(14)15)13(18-16)17-10-6-4-3-5-7-10/h3-7,9,11H,8H2,1-2H3,(H,14,15)/t11-/m0/s1. The Bertz CT molecular complexity index is 396. The van der Waals surface area contributed by atoms with Crippen LogP contribution in [0.5, 0.6) is 5.75 Å². The molecular formula is C12H16NO4P. The topological polar surface area (TPSA) is 66.8 Å². The zero-order valence-electron chi connectivity index (χ0n) is 10.3. The fraction of sp³-hybridized carbons (Fsp3) is 0.417. The smallest absolute Gasteiger partial charge is 0.325 e. The van der Waals surface area contributed by atoms with E-state index in [4.69, 9.17) is 9.94 Å². The molecule has 0 saturated carbocycles. The Balaban J connectivity index is 2.79. The molecule has 18 heavy (non-hydrogen) atoms. The molecule has 1 aromatic carbocycles. The highest BCUT2D eigenvalue weighted by atomic mass is 31.1. The first-order valence-electron chi connectivity index (χ1n) is 5.63. The first-order valence-corrected chi connectivity index (χ1v) is 6.39. The Kier molecular flexibility index (Phi) is 5.75. The van der Waals surface area contributed by atoms with Crippen molar-refractivity contribution < 1.29 is 19.3 Å². The predicted octanol–water partition coefficient (Wildman–Crippen LogP) is 2.99. The van der Waals surface area contributed by atoms with Gasteiger partial charge in [0.25, 0.3) is 8.61 Å². The predicted molar refractivity (Wildman–Crippen MR) is 67.4 cm³/mol. The van der Waals surface area contributed by atoms with Gasteiger partial charge in [-0.1, -0.05) is 32.0 Å². The van der Waals surface area contributed by atoms with E-state index in [9.17, 15) is 9.36 Å². The van der Waals surface area contributed by atoms with Crippen LogP contribution in [0.4, 0.5) is 0 Å². The van der Waals surface area contributed by atoms with Crippen molar-refractivity contribution >= 4 is 14.6 Å². The quantitative estimate of drug-likeness (QED) is 0.608. The van der Waals surface area contributed by atoms with Crippen molar-refractivity contribution in [1.82, 2.24) is 4.83 Å². The Morgan fingerprint density at radius 2 is 2.00 bits per heavy atom. The van der Waals surface area contributed by atoms with Crippen LogP contribution in [0.2, 0.25) is 0 Å².